The van der Waals surface area contributed by atoms with Crippen LogP contribution in [0.15, 0.2) is 6.20 Å². The molecule has 0 saturated heterocycles. The fourth-order valence-electron chi connectivity index (χ4n) is 0.794. The lowest BCUT2D eigenvalue weighted by atomic mass is 10.3. The Hall–Kier alpha value is -2.22. The summed E-state index contributed by atoms with van der Waals surface area (Å²) in [6.07, 6.45) is 1.15. The highest BCUT2D eigenvalue weighted by Crippen LogP contribution is 2.08. The van der Waals surface area contributed by atoms with Crippen molar-refractivity contribution in [2.24, 2.45) is 17.3 Å². The van der Waals surface area contributed by atoms with Crippen LogP contribution in [0.4, 0.5) is 5.69 Å². The van der Waals surface area contributed by atoms with Crippen LogP contribution in [0.1, 0.15) is 21.1 Å². The first-order valence-corrected chi connectivity index (χ1v) is 3.49. The number of hydrogen-bond donors (Lipinski definition) is 4. The molecule has 1 rings (SSSR count). The van der Waals surface area contributed by atoms with Gasteiger partial charge in [0, 0.05) is 0 Å². The molecule has 0 atom stereocenters. The van der Waals surface area contributed by atoms with Gasteiger partial charge in [0.2, 0.25) is 5.82 Å². The van der Waals surface area contributed by atoms with E-state index in [1.54, 1.807) is 0 Å². The summed E-state index contributed by atoms with van der Waals surface area (Å²) in [4.78, 5) is 28.6. The lowest BCUT2D eigenvalue weighted by Gasteiger charge is -2.04. The summed E-state index contributed by atoms with van der Waals surface area (Å²) in [7, 11) is 0. The van der Waals surface area contributed by atoms with Crippen molar-refractivity contribution in [1.29, 1.82) is 0 Å². The van der Waals surface area contributed by atoms with Crippen molar-refractivity contribution >= 4 is 17.5 Å². The van der Waals surface area contributed by atoms with Crippen molar-refractivity contribution in [3.8, 4) is 0 Å². The van der Waals surface area contributed by atoms with E-state index in [4.69, 9.17) is 17.3 Å². The van der Waals surface area contributed by atoms with Gasteiger partial charge in [-0.05, 0) is 0 Å². The fourth-order valence-corrected chi connectivity index (χ4v) is 0.794. The van der Waals surface area contributed by atoms with Crippen molar-refractivity contribution in [3.63, 3.8) is 0 Å². The van der Waals surface area contributed by atoms with Gasteiger partial charge in [0.25, 0.3) is 11.8 Å². The Bertz CT molecular complexity index is 390. The first kappa shape index (κ1) is 9.86. The van der Waals surface area contributed by atoms with Crippen molar-refractivity contribution in [1.82, 2.24) is 9.97 Å². The van der Waals surface area contributed by atoms with Gasteiger partial charge in [-0.25, -0.2) is 9.97 Å². The Labute approximate surface area is 78.5 Å². The molecular weight excluding hydrogens is 188 g/mol. The van der Waals surface area contributed by atoms with Crippen molar-refractivity contribution in [2.75, 3.05) is 5.43 Å². The highest BCUT2D eigenvalue weighted by atomic mass is 16.2. The molecule has 8 heteroatoms. The number of nitrogens with two attached hydrogens (primary N) is 3. The Kier molecular flexibility index (Phi) is 2.58. The number of hydrogen-bond acceptors (Lipinski definition) is 6. The van der Waals surface area contributed by atoms with E-state index in [0.29, 0.717) is 0 Å². The molecule has 1 aromatic rings. The van der Waals surface area contributed by atoms with E-state index in [0.717, 1.165) is 6.20 Å². The summed E-state index contributed by atoms with van der Waals surface area (Å²) in [6, 6.07) is 0. The standard InChI is InChI=1S/C6H8N6O2/c7-4(13)3-2(12-9)1-10-6(11-3)5(8)14/h1,12H,9H2,(H2,7,13)(H2,8,14). The van der Waals surface area contributed by atoms with Crippen molar-refractivity contribution in [2.45, 2.75) is 0 Å². The summed E-state index contributed by atoms with van der Waals surface area (Å²) >= 11 is 0. The van der Waals surface area contributed by atoms with E-state index in [9.17, 15) is 9.59 Å². The zero-order valence-electron chi connectivity index (χ0n) is 7.02. The van der Waals surface area contributed by atoms with Gasteiger partial charge in [-0.2, -0.15) is 0 Å². The SMILES string of the molecule is NNc1cnc(C(N)=O)nc1C(N)=O. The second-order valence-corrected chi connectivity index (χ2v) is 2.33. The molecule has 0 aliphatic heterocycles. The number of nitrogens with zero attached hydrogens (tertiary/aromatic N) is 2. The topological polar surface area (TPSA) is 150 Å². The van der Waals surface area contributed by atoms with E-state index >= 15 is 0 Å². The highest BCUT2D eigenvalue weighted by molar-refractivity contribution is 5.97. The van der Waals surface area contributed by atoms with Crippen LogP contribution in [0.5, 0.6) is 0 Å². The van der Waals surface area contributed by atoms with E-state index in [2.05, 4.69) is 15.4 Å². The van der Waals surface area contributed by atoms with Gasteiger partial charge in [-0.15, -0.1) is 0 Å². The quantitative estimate of drug-likeness (QED) is 0.323. The number of hydrazine groups is 1. The maximum Gasteiger partial charge on any atom is 0.286 e. The molecule has 0 unspecified atom stereocenters. The second kappa shape index (κ2) is 3.66. The van der Waals surface area contributed by atoms with Gasteiger partial charge in [-0.1, -0.05) is 0 Å². The van der Waals surface area contributed by atoms with Crippen LogP contribution < -0.4 is 22.7 Å². The van der Waals surface area contributed by atoms with Gasteiger partial charge < -0.3 is 16.9 Å². The fraction of sp³-hybridized carbons (Fsp3) is 0. The minimum atomic E-state index is -0.851. The monoisotopic (exact) mass is 196 g/mol. The number of aromatic nitrogens is 2. The average Bonchev–Trinajstić information content (AvgIpc) is 2.16. The van der Waals surface area contributed by atoms with Crippen LogP contribution in [0.25, 0.3) is 0 Å². The summed E-state index contributed by atoms with van der Waals surface area (Å²) in [5, 5.41) is 0. The molecule has 0 saturated carbocycles. The molecule has 0 aliphatic carbocycles. The van der Waals surface area contributed by atoms with Crippen LogP contribution in [-0.2, 0) is 0 Å². The molecule has 0 spiro atoms. The smallest absolute Gasteiger partial charge is 0.286 e. The number of rotatable bonds is 3. The molecular formula is C6H8N6O2. The van der Waals surface area contributed by atoms with Crippen LogP contribution in [0.2, 0.25) is 0 Å². The molecule has 74 valence electrons. The first-order valence-electron chi connectivity index (χ1n) is 3.49. The number of amides is 2. The summed E-state index contributed by atoms with van der Waals surface area (Å²) in [5.74, 6) is 3.09. The average molecular weight is 196 g/mol. The molecule has 14 heavy (non-hydrogen) atoms. The molecule has 0 fully saturated rings. The Morgan fingerprint density at radius 2 is 1.93 bits per heavy atom. The van der Waals surface area contributed by atoms with E-state index in [1.165, 1.54) is 0 Å². The second-order valence-electron chi connectivity index (χ2n) is 2.33. The number of primary amides is 2. The van der Waals surface area contributed by atoms with E-state index in [1.807, 2.05) is 0 Å². The number of nitrogen functional groups attached to an aromatic ring is 1. The number of nitrogens with one attached hydrogen (secondary N) is 1. The molecule has 0 aliphatic rings. The zero-order chi connectivity index (χ0) is 10.7. The zero-order valence-corrected chi connectivity index (χ0v) is 7.02. The van der Waals surface area contributed by atoms with Gasteiger partial charge >= 0.3 is 0 Å². The molecule has 8 nitrogen and oxygen atoms in total. The highest BCUT2D eigenvalue weighted by Gasteiger charge is 2.13. The molecule has 0 aromatic carbocycles. The number of carbonyl (C=O) groups excluding carboxylic acids is 2. The van der Waals surface area contributed by atoms with Crippen molar-refractivity contribution in [3.05, 3.63) is 17.7 Å². The summed E-state index contributed by atoms with van der Waals surface area (Å²) < 4.78 is 0. The van der Waals surface area contributed by atoms with Gasteiger partial charge in [-0.3, -0.25) is 15.4 Å². The third-order valence-corrected chi connectivity index (χ3v) is 1.40. The van der Waals surface area contributed by atoms with Gasteiger partial charge in [0.1, 0.15) is 0 Å². The summed E-state index contributed by atoms with van der Waals surface area (Å²) in [6.45, 7) is 0. The Balaban J connectivity index is 3.27. The molecule has 0 bridgehead atoms. The van der Waals surface area contributed by atoms with Crippen LogP contribution in [0, 0.1) is 0 Å². The van der Waals surface area contributed by atoms with E-state index in [-0.39, 0.29) is 17.2 Å². The van der Waals surface area contributed by atoms with Crippen LogP contribution in [0.3, 0.4) is 0 Å². The van der Waals surface area contributed by atoms with E-state index < -0.39 is 11.8 Å². The van der Waals surface area contributed by atoms with Crippen LogP contribution in [-0.4, -0.2) is 21.8 Å². The molecule has 1 aromatic heterocycles. The van der Waals surface area contributed by atoms with Gasteiger partial charge in [0.05, 0.1) is 11.9 Å². The predicted octanol–water partition coefficient (Wildman–Crippen LogP) is -2.04. The van der Waals surface area contributed by atoms with Crippen molar-refractivity contribution < 1.29 is 9.59 Å². The molecule has 1 heterocycles. The minimum Gasteiger partial charge on any atom is -0.364 e. The molecule has 2 amide bonds. The Morgan fingerprint density at radius 1 is 1.29 bits per heavy atom. The number of carbonyl (C=O) groups is 2. The molecule has 0 radical (unpaired) electrons. The third-order valence-electron chi connectivity index (χ3n) is 1.40. The third kappa shape index (κ3) is 1.75. The first-order chi connectivity index (χ1) is 6.56. The normalized spacial score (nSPS) is 9.50. The predicted molar refractivity (Wildman–Crippen MR) is 46.9 cm³/mol. The maximum atomic E-state index is 10.8. The van der Waals surface area contributed by atoms with Crippen LogP contribution >= 0.6 is 0 Å². The maximum absolute atomic E-state index is 10.8. The largest absolute Gasteiger partial charge is 0.364 e. The molecule has 7 N–H and O–H groups in total. The number of anilines is 1. The van der Waals surface area contributed by atoms with Gasteiger partial charge in [0.15, 0.2) is 5.69 Å². The Morgan fingerprint density at radius 3 is 2.36 bits per heavy atom. The summed E-state index contributed by atoms with van der Waals surface area (Å²) in [5.41, 5.74) is 12.0. The lowest BCUT2D eigenvalue weighted by molar-refractivity contribution is 0.0988. The lowest BCUT2D eigenvalue weighted by Crippen LogP contribution is -2.23. The minimum absolute atomic E-state index is 0.127.